The molecule has 106 valence electrons. The number of hydrogen-bond acceptors (Lipinski definition) is 3. The summed E-state index contributed by atoms with van der Waals surface area (Å²) in [6.45, 7) is 1.11. The molecule has 2 aliphatic rings. The van der Waals surface area contributed by atoms with Crippen molar-refractivity contribution < 1.29 is 14.3 Å². The number of ether oxygens (including phenoxy) is 2. The van der Waals surface area contributed by atoms with Gasteiger partial charge in [0.1, 0.15) is 13.2 Å². The van der Waals surface area contributed by atoms with Crippen molar-refractivity contribution in [2.75, 3.05) is 13.2 Å². The van der Waals surface area contributed by atoms with Crippen LogP contribution in [-0.2, 0) is 12.8 Å². The van der Waals surface area contributed by atoms with E-state index in [0.29, 0.717) is 19.0 Å². The van der Waals surface area contributed by atoms with E-state index in [0.717, 1.165) is 24.2 Å². The van der Waals surface area contributed by atoms with Gasteiger partial charge in [-0.05, 0) is 42.2 Å². The number of Topliss-reactive ketones (excluding diaryl/α,β-unsaturated/α-hetero) is 1. The molecule has 4 rings (SSSR count). The first-order valence-electron chi connectivity index (χ1n) is 7.32. The van der Waals surface area contributed by atoms with E-state index in [2.05, 4.69) is 12.1 Å². The maximum Gasteiger partial charge on any atom is 0.166 e. The first-order valence-corrected chi connectivity index (χ1v) is 7.32. The summed E-state index contributed by atoms with van der Waals surface area (Å²) in [4.78, 5) is 12.7. The Morgan fingerprint density at radius 1 is 0.905 bits per heavy atom. The molecule has 0 bridgehead atoms. The predicted molar refractivity (Wildman–Crippen MR) is 79.1 cm³/mol. The fourth-order valence-electron chi connectivity index (χ4n) is 3.18. The van der Waals surface area contributed by atoms with E-state index in [1.54, 1.807) is 0 Å². The third-order valence-electron chi connectivity index (χ3n) is 4.25. The maximum atomic E-state index is 12.7. The van der Waals surface area contributed by atoms with Crippen LogP contribution in [0.25, 0.3) is 0 Å². The fraction of sp³-hybridized carbons (Fsp3) is 0.278. The van der Waals surface area contributed by atoms with Crippen molar-refractivity contribution in [2.24, 2.45) is 5.92 Å². The highest BCUT2D eigenvalue weighted by atomic mass is 16.6. The SMILES string of the molecule is O=C(c1ccc2c(c1)OCCO2)C1Cc2ccccc2C1. The van der Waals surface area contributed by atoms with Crippen molar-refractivity contribution in [3.63, 3.8) is 0 Å². The zero-order valence-corrected chi connectivity index (χ0v) is 11.7. The molecule has 0 aromatic heterocycles. The lowest BCUT2D eigenvalue weighted by Crippen LogP contribution is -2.18. The molecule has 3 nitrogen and oxygen atoms in total. The monoisotopic (exact) mass is 280 g/mol. The highest BCUT2D eigenvalue weighted by Gasteiger charge is 2.28. The number of benzene rings is 2. The molecule has 1 heterocycles. The minimum absolute atomic E-state index is 0.0463. The smallest absolute Gasteiger partial charge is 0.166 e. The highest BCUT2D eigenvalue weighted by molar-refractivity contribution is 5.99. The summed E-state index contributed by atoms with van der Waals surface area (Å²) in [7, 11) is 0. The zero-order valence-electron chi connectivity index (χ0n) is 11.7. The molecular formula is C18H16O3. The lowest BCUT2D eigenvalue weighted by atomic mass is 9.95. The van der Waals surface area contributed by atoms with Crippen LogP contribution in [0.1, 0.15) is 21.5 Å². The second-order valence-corrected chi connectivity index (χ2v) is 5.60. The Kier molecular flexibility index (Phi) is 2.92. The van der Waals surface area contributed by atoms with Gasteiger partial charge in [0.25, 0.3) is 0 Å². The van der Waals surface area contributed by atoms with E-state index in [1.807, 2.05) is 30.3 Å². The summed E-state index contributed by atoms with van der Waals surface area (Å²) in [5, 5.41) is 0. The summed E-state index contributed by atoms with van der Waals surface area (Å²) in [6, 6.07) is 13.8. The van der Waals surface area contributed by atoms with Crippen molar-refractivity contribution >= 4 is 5.78 Å². The van der Waals surface area contributed by atoms with Crippen LogP contribution in [0.15, 0.2) is 42.5 Å². The molecule has 0 amide bonds. The van der Waals surface area contributed by atoms with E-state index in [4.69, 9.17) is 9.47 Å². The molecule has 0 N–H and O–H groups in total. The van der Waals surface area contributed by atoms with Gasteiger partial charge >= 0.3 is 0 Å². The van der Waals surface area contributed by atoms with Crippen LogP contribution in [-0.4, -0.2) is 19.0 Å². The summed E-state index contributed by atoms with van der Waals surface area (Å²) < 4.78 is 11.1. The van der Waals surface area contributed by atoms with Crippen LogP contribution < -0.4 is 9.47 Å². The largest absolute Gasteiger partial charge is 0.486 e. The van der Waals surface area contributed by atoms with E-state index in [9.17, 15) is 4.79 Å². The molecule has 0 saturated carbocycles. The Morgan fingerprint density at radius 2 is 1.57 bits per heavy atom. The molecule has 2 aromatic rings. The quantitative estimate of drug-likeness (QED) is 0.793. The van der Waals surface area contributed by atoms with Gasteiger partial charge in [0.2, 0.25) is 0 Å². The first kappa shape index (κ1) is 12.5. The predicted octanol–water partition coefficient (Wildman–Crippen LogP) is 3.06. The molecule has 21 heavy (non-hydrogen) atoms. The third-order valence-corrected chi connectivity index (χ3v) is 4.25. The first-order chi connectivity index (χ1) is 10.3. The van der Waals surface area contributed by atoms with Crippen LogP contribution >= 0.6 is 0 Å². The van der Waals surface area contributed by atoms with Gasteiger partial charge in [-0.25, -0.2) is 0 Å². The average molecular weight is 280 g/mol. The Bertz CT molecular complexity index is 680. The lowest BCUT2D eigenvalue weighted by molar-refractivity contribution is 0.0923. The van der Waals surface area contributed by atoms with Crippen molar-refractivity contribution in [1.82, 2.24) is 0 Å². The lowest BCUT2D eigenvalue weighted by Gasteiger charge is -2.19. The summed E-state index contributed by atoms with van der Waals surface area (Å²) in [6.07, 6.45) is 1.67. The van der Waals surface area contributed by atoms with Crippen LogP contribution in [0.3, 0.4) is 0 Å². The Balaban J connectivity index is 1.59. The molecule has 0 fully saturated rings. The topological polar surface area (TPSA) is 35.5 Å². The summed E-state index contributed by atoms with van der Waals surface area (Å²) in [5.74, 6) is 1.66. The fourth-order valence-corrected chi connectivity index (χ4v) is 3.18. The molecule has 1 aliphatic carbocycles. The number of rotatable bonds is 2. The van der Waals surface area contributed by atoms with Crippen molar-refractivity contribution in [3.05, 3.63) is 59.2 Å². The second kappa shape index (κ2) is 4.92. The molecule has 1 aliphatic heterocycles. The standard InChI is InChI=1S/C18H16O3/c19-18(15-9-12-3-1-2-4-13(12)10-15)14-5-6-16-17(11-14)21-8-7-20-16/h1-6,11,15H,7-10H2. The van der Waals surface area contributed by atoms with Gasteiger partial charge in [0.15, 0.2) is 17.3 Å². The van der Waals surface area contributed by atoms with Crippen molar-refractivity contribution in [1.29, 1.82) is 0 Å². The zero-order chi connectivity index (χ0) is 14.2. The van der Waals surface area contributed by atoms with Gasteiger partial charge in [-0.2, -0.15) is 0 Å². The van der Waals surface area contributed by atoms with E-state index in [-0.39, 0.29) is 11.7 Å². The Hall–Kier alpha value is -2.29. The Morgan fingerprint density at radius 3 is 2.29 bits per heavy atom. The van der Waals surface area contributed by atoms with Crippen LogP contribution in [0.5, 0.6) is 11.5 Å². The molecule has 0 radical (unpaired) electrons. The number of fused-ring (bicyclic) bond motifs is 2. The van der Waals surface area contributed by atoms with Crippen LogP contribution in [0.4, 0.5) is 0 Å². The van der Waals surface area contributed by atoms with Crippen LogP contribution in [0, 0.1) is 5.92 Å². The number of ketones is 1. The molecule has 0 saturated heterocycles. The third kappa shape index (κ3) is 2.19. The molecule has 2 aromatic carbocycles. The minimum Gasteiger partial charge on any atom is -0.486 e. The molecule has 0 atom stereocenters. The van der Waals surface area contributed by atoms with Gasteiger partial charge in [0, 0.05) is 11.5 Å². The number of hydrogen-bond donors (Lipinski definition) is 0. The normalized spacial score (nSPS) is 16.6. The average Bonchev–Trinajstić information content (AvgIpc) is 2.97. The molecular weight excluding hydrogens is 264 g/mol. The highest BCUT2D eigenvalue weighted by Crippen LogP contribution is 2.34. The number of carbonyl (C=O) groups is 1. The van der Waals surface area contributed by atoms with Crippen molar-refractivity contribution in [2.45, 2.75) is 12.8 Å². The van der Waals surface area contributed by atoms with Crippen molar-refractivity contribution in [3.8, 4) is 11.5 Å². The second-order valence-electron chi connectivity index (χ2n) is 5.60. The molecule has 0 unspecified atom stereocenters. The minimum atomic E-state index is 0.0463. The van der Waals surface area contributed by atoms with Crippen LogP contribution in [0.2, 0.25) is 0 Å². The summed E-state index contributed by atoms with van der Waals surface area (Å²) >= 11 is 0. The van der Waals surface area contributed by atoms with Gasteiger partial charge in [-0.3, -0.25) is 4.79 Å². The van der Waals surface area contributed by atoms with Gasteiger partial charge in [-0.1, -0.05) is 24.3 Å². The van der Waals surface area contributed by atoms with Gasteiger partial charge < -0.3 is 9.47 Å². The molecule has 3 heteroatoms. The van der Waals surface area contributed by atoms with Gasteiger partial charge in [-0.15, -0.1) is 0 Å². The summed E-state index contributed by atoms with van der Waals surface area (Å²) in [5.41, 5.74) is 3.32. The number of carbonyl (C=O) groups excluding carboxylic acids is 1. The maximum absolute atomic E-state index is 12.7. The van der Waals surface area contributed by atoms with E-state index < -0.39 is 0 Å². The van der Waals surface area contributed by atoms with Gasteiger partial charge in [0.05, 0.1) is 0 Å². The van der Waals surface area contributed by atoms with E-state index >= 15 is 0 Å². The Labute approximate surface area is 123 Å². The van der Waals surface area contributed by atoms with E-state index in [1.165, 1.54) is 11.1 Å². The molecule has 0 spiro atoms.